The normalized spacial score (nSPS) is 14.0. The molecule has 0 amide bonds. The van der Waals surface area contributed by atoms with Crippen LogP contribution < -0.4 is 5.32 Å². The van der Waals surface area contributed by atoms with E-state index in [0.29, 0.717) is 5.75 Å². The van der Waals surface area contributed by atoms with Crippen LogP contribution >= 0.6 is 11.8 Å². The van der Waals surface area contributed by atoms with E-state index in [1.165, 1.54) is 11.8 Å². The van der Waals surface area contributed by atoms with Gasteiger partial charge in [-0.25, -0.2) is 9.97 Å². The van der Waals surface area contributed by atoms with Crippen molar-refractivity contribution in [2.24, 2.45) is 0 Å². The standard InChI is InChI=1S/C12H18N4S/c1-4-6-15-12(3,8-13)9-17-11-14-7-5-10(2)16-11/h5,7,15H,4,6,9H2,1-3H3. The largest absolute Gasteiger partial charge is 0.299 e. The lowest BCUT2D eigenvalue weighted by Gasteiger charge is -2.22. The van der Waals surface area contributed by atoms with E-state index in [1.54, 1.807) is 6.20 Å². The second kappa shape index (κ2) is 6.58. The Labute approximate surface area is 107 Å². The summed E-state index contributed by atoms with van der Waals surface area (Å²) in [5, 5.41) is 13.1. The van der Waals surface area contributed by atoms with Crippen molar-refractivity contribution in [2.45, 2.75) is 37.9 Å². The predicted octanol–water partition coefficient (Wildman–Crippen LogP) is 2.16. The molecule has 0 aromatic carbocycles. The lowest BCUT2D eigenvalue weighted by atomic mass is 10.1. The first kappa shape index (κ1) is 13.9. The third kappa shape index (κ3) is 4.72. The monoisotopic (exact) mass is 250 g/mol. The van der Waals surface area contributed by atoms with Crippen LogP contribution in [0.3, 0.4) is 0 Å². The number of thioether (sulfide) groups is 1. The summed E-state index contributed by atoms with van der Waals surface area (Å²) >= 11 is 1.51. The molecule has 0 aliphatic heterocycles. The Hall–Kier alpha value is -1.12. The summed E-state index contributed by atoms with van der Waals surface area (Å²) < 4.78 is 0. The Kier molecular flexibility index (Phi) is 5.39. The van der Waals surface area contributed by atoms with Gasteiger partial charge in [0, 0.05) is 17.6 Å². The summed E-state index contributed by atoms with van der Waals surface area (Å²) in [5.41, 5.74) is 0.427. The topological polar surface area (TPSA) is 61.6 Å². The summed E-state index contributed by atoms with van der Waals surface area (Å²) in [6, 6.07) is 4.17. The molecule has 4 nitrogen and oxygen atoms in total. The van der Waals surface area contributed by atoms with Gasteiger partial charge in [-0.2, -0.15) is 5.26 Å². The van der Waals surface area contributed by atoms with Crippen LogP contribution in [0.1, 0.15) is 26.0 Å². The number of nitrogens with one attached hydrogen (secondary N) is 1. The van der Waals surface area contributed by atoms with Crippen LogP contribution in [0.25, 0.3) is 0 Å². The highest BCUT2D eigenvalue weighted by molar-refractivity contribution is 7.99. The number of aromatic nitrogens is 2. The highest BCUT2D eigenvalue weighted by Crippen LogP contribution is 2.18. The van der Waals surface area contributed by atoms with Crippen molar-refractivity contribution < 1.29 is 0 Å². The Morgan fingerprint density at radius 3 is 2.94 bits per heavy atom. The molecule has 0 saturated heterocycles. The van der Waals surface area contributed by atoms with Crippen molar-refractivity contribution in [1.29, 1.82) is 5.26 Å². The van der Waals surface area contributed by atoms with Crippen molar-refractivity contribution in [2.75, 3.05) is 12.3 Å². The van der Waals surface area contributed by atoms with Crippen molar-refractivity contribution in [1.82, 2.24) is 15.3 Å². The van der Waals surface area contributed by atoms with Crippen molar-refractivity contribution in [3.8, 4) is 6.07 Å². The van der Waals surface area contributed by atoms with Gasteiger partial charge in [0.05, 0.1) is 6.07 Å². The summed E-state index contributed by atoms with van der Waals surface area (Å²) in [7, 11) is 0. The Balaban J connectivity index is 2.56. The lowest BCUT2D eigenvalue weighted by molar-refractivity contribution is 0.493. The van der Waals surface area contributed by atoms with Crippen molar-refractivity contribution in [3.63, 3.8) is 0 Å². The summed E-state index contributed by atoms with van der Waals surface area (Å²) in [5.74, 6) is 0.646. The molecule has 92 valence electrons. The van der Waals surface area contributed by atoms with Crippen molar-refractivity contribution in [3.05, 3.63) is 18.0 Å². The molecule has 1 N–H and O–H groups in total. The molecule has 0 aliphatic carbocycles. The van der Waals surface area contributed by atoms with E-state index in [1.807, 2.05) is 19.9 Å². The molecule has 0 spiro atoms. The van der Waals surface area contributed by atoms with Crippen LogP contribution in [0, 0.1) is 18.3 Å². The average molecular weight is 250 g/mol. The van der Waals surface area contributed by atoms with Crippen LogP contribution in [0.5, 0.6) is 0 Å². The van der Waals surface area contributed by atoms with Gasteiger partial charge in [-0.3, -0.25) is 5.32 Å². The second-order valence-corrected chi connectivity index (χ2v) is 5.08. The second-order valence-electron chi connectivity index (χ2n) is 4.14. The molecule has 1 aromatic heterocycles. The molecule has 0 aliphatic rings. The molecule has 1 atom stereocenters. The number of rotatable bonds is 6. The number of hydrogen-bond donors (Lipinski definition) is 1. The van der Waals surface area contributed by atoms with E-state index >= 15 is 0 Å². The Morgan fingerprint density at radius 1 is 1.59 bits per heavy atom. The maximum Gasteiger partial charge on any atom is 0.187 e. The van der Waals surface area contributed by atoms with E-state index in [0.717, 1.165) is 23.8 Å². The Morgan fingerprint density at radius 2 is 2.35 bits per heavy atom. The van der Waals surface area contributed by atoms with Gasteiger partial charge < -0.3 is 0 Å². The molecule has 1 rings (SSSR count). The third-order valence-electron chi connectivity index (χ3n) is 2.27. The van der Waals surface area contributed by atoms with Crippen molar-refractivity contribution >= 4 is 11.8 Å². The van der Waals surface area contributed by atoms with Gasteiger partial charge >= 0.3 is 0 Å². The van der Waals surface area contributed by atoms with Gasteiger partial charge in [-0.05, 0) is 32.9 Å². The number of aryl methyl sites for hydroxylation is 1. The fraction of sp³-hybridized carbons (Fsp3) is 0.583. The first-order valence-corrected chi connectivity index (χ1v) is 6.67. The lowest BCUT2D eigenvalue weighted by Crippen LogP contribution is -2.43. The smallest absolute Gasteiger partial charge is 0.187 e. The maximum absolute atomic E-state index is 9.18. The third-order valence-corrected chi connectivity index (χ3v) is 3.45. The minimum absolute atomic E-state index is 0.520. The van der Waals surface area contributed by atoms with Gasteiger partial charge in [0.2, 0.25) is 0 Å². The van der Waals surface area contributed by atoms with Crippen LogP contribution in [0.2, 0.25) is 0 Å². The SMILES string of the molecule is CCCNC(C)(C#N)CSc1nccc(C)n1. The van der Waals surface area contributed by atoms with E-state index in [4.69, 9.17) is 0 Å². The maximum atomic E-state index is 9.18. The molecule has 0 bridgehead atoms. The zero-order valence-corrected chi connectivity index (χ0v) is 11.3. The number of nitrogens with zero attached hydrogens (tertiary/aromatic N) is 3. The average Bonchev–Trinajstić information content (AvgIpc) is 2.34. The minimum atomic E-state index is -0.520. The van der Waals surface area contributed by atoms with E-state index in [2.05, 4.69) is 28.3 Å². The predicted molar refractivity (Wildman–Crippen MR) is 69.8 cm³/mol. The highest BCUT2D eigenvalue weighted by Gasteiger charge is 2.23. The first-order valence-electron chi connectivity index (χ1n) is 5.68. The minimum Gasteiger partial charge on any atom is -0.299 e. The summed E-state index contributed by atoms with van der Waals surface area (Å²) in [6.45, 7) is 6.77. The molecule has 5 heteroatoms. The summed E-state index contributed by atoms with van der Waals surface area (Å²) in [6.07, 6.45) is 2.76. The number of nitriles is 1. The number of hydrogen-bond acceptors (Lipinski definition) is 5. The van der Waals surface area contributed by atoms with Crippen LogP contribution in [-0.2, 0) is 0 Å². The zero-order valence-electron chi connectivity index (χ0n) is 10.5. The van der Waals surface area contributed by atoms with Gasteiger partial charge in [0.1, 0.15) is 5.54 Å². The molecule has 0 fully saturated rings. The fourth-order valence-electron chi connectivity index (χ4n) is 1.23. The molecule has 1 aromatic rings. The first-order chi connectivity index (χ1) is 8.09. The molecule has 0 saturated carbocycles. The van der Waals surface area contributed by atoms with Crippen LogP contribution in [0.4, 0.5) is 0 Å². The van der Waals surface area contributed by atoms with Gasteiger partial charge in [0.15, 0.2) is 5.16 Å². The molecule has 0 radical (unpaired) electrons. The molecular formula is C12H18N4S. The summed E-state index contributed by atoms with van der Waals surface area (Å²) in [4.78, 5) is 8.48. The zero-order chi connectivity index (χ0) is 12.7. The van der Waals surface area contributed by atoms with E-state index in [-0.39, 0.29) is 0 Å². The van der Waals surface area contributed by atoms with E-state index < -0.39 is 5.54 Å². The van der Waals surface area contributed by atoms with Crippen LogP contribution in [0.15, 0.2) is 17.4 Å². The molecular weight excluding hydrogens is 232 g/mol. The Bertz CT molecular complexity index is 402. The molecule has 1 unspecified atom stereocenters. The van der Waals surface area contributed by atoms with Gasteiger partial charge in [-0.15, -0.1) is 0 Å². The highest BCUT2D eigenvalue weighted by atomic mass is 32.2. The quantitative estimate of drug-likeness (QED) is 0.619. The van der Waals surface area contributed by atoms with E-state index in [9.17, 15) is 5.26 Å². The molecule has 17 heavy (non-hydrogen) atoms. The van der Waals surface area contributed by atoms with Gasteiger partial charge in [-0.1, -0.05) is 18.7 Å². The molecule has 1 heterocycles. The van der Waals surface area contributed by atoms with Gasteiger partial charge in [0.25, 0.3) is 0 Å². The van der Waals surface area contributed by atoms with Crippen LogP contribution in [-0.4, -0.2) is 27.8 Å². The fourth-order valence-corrected chi connectivity index (χ4v) is 2.16.